The first-order valence-corrected chi connectivity index (χ1v) is 9.19. The number of aromatic amines is 1. The third-order valence-electron chi connectivity index (χ3n) is 4.31. The maximum atomic E-state index is 13.5. The summed E-state index contributed by atoms with van der Waals surface area (Å²) >= 11 is 0. The topological polar surface area (TPSA) is 74.3 Å². The third kappa shape index (κ3) is 7.26. The molecule has 0 aliphatic rings. The molecule has 1 aromatic carbocycles. The number of benzene rings is 1. The summed E-state index contributed by atoms with van der Waals surface area (Å²) in [4.78, 5) is 11.1. The number of aromatic nitrogens is 2. The van der Waals surface area contributed by atoms with Crippen molar-refractivity contribution in [2.75, 3.05) is 20.2 Å². The monoisotopic (exact) mass is 551 g/mol. The number of pyridine rings is 1. The number of halogens is 5. The normalized spacial score (nSPS) is 11.8. The van der Waals surface area contributed by atoms with Gasteiger partial charge in [-0.2, -0.15) is 13.2 Å². The van der Waals surface area contributed by atoms with Crippen molar-refractivity contribution >= 4 is 40.8 Å². The second-order valence-corrected chi connectivity index (χ2v) is 6.48. The van der Waals surface area contributed by atoms with Gasteiger partial charge >= 0.3 is 6.18 Å². The molecule has 0 amide bonds. The molecule has 0 bridgehead atoms. The van der Waals surface area contributed by atoms with E-state index in [2.05, 4.69) is 25.6 Å². The number of fused-ring (bicyclic) bond motifs is 1. The average Bonchev–Trinajstić information content (AvgIpc) is 3.11. The molecule has 6 nitrogen and oxygen atoms in total. The Balaban J connectivity index is 0.00000341. The molecule has 3 N–H and O–H groups in total. The molecule has 0 aliphatic heterocycles. The maximum absolute atomic E-state index is 13.5. The van der Waals surface area contributed by atoms with Crippen LogP contribution in [0.4, 0.5) is 17.6 Å². The van der Waals surface area contributed by atoms with E-state index in [0.29, 0.717) is 24.5 Å². The van der Waals surface area contributed by atoms with Crippen molar-refractivity contribution in [2.24, 2.45) is 4.99 Å². The van der Waals surface area contributed by atoms with Gasteiger partial charge in [-0.25, -0.2) is 9.37 Å². The SMILES string of the molecule is CN=C(NCCc1c[nH]c2ccc(F)cc12)NCc1cccnc1OCC(F)(F)F.I. The summed E-state index contributed by atoms with van der Waals surface area (Å²) < 4.78 is 55.4. The minimum absolute atomic E-state index is 0. The first-order valence-electron chi connectivity index (χ1n) is 9.19. The Kier molecular flexibility index (Phi) is 8.89. The van der Waals surface area contributed by atoms with E-state index in [1.807, 2.05) is 6.20 Å². The number of ether oxygens (including phenoxy) is 1. The number of rotatable bonds is 7. The van der Waals surface area contributed by atoms with E-state index in [9.17, 15) is 17.6 Å². The van der Waals surface area contributed by atoms with Crippen LogP contribution in [0.1, 0.15) is 11.1 Å². The van der Waals surface area contributed by atoms with Crippen molar-refractivity contribution < 1.29 is 22.3 Å². The summed E-state index contributed by atoms with van der Waals surface area (Å²) in [5.74, 6) is 0.0824. The second-order valence-electron chi connectivity index (χ2n) is 6.48. The summed E-state index contributed by atoms with van der Waals surface area (Å²) in [6, 6.07) is 7.81. The van der Waals surface area contributed by atoms with Gasteiger partial charge in [-0.05, 0) is 36.2 Å². The Morgan fingerprint density at radius 3 is 2.74 bits per heavy atom. The van der Waals surface area contributed by atoms with E-state index in [1.165, 1.54) is 18.3 Å². The van der Waals surface area contributed by atoms with E-state index < -0.39 is 12.8 Å². The summed E-state index contributed by atoms with van der Waals surface area (Å²) in [6.07, 6.45) is -0.615. The highest BCUT2D eigenvalue weighted by Crippen LogP contribution is 2.20. The van der Waals surface area contributed by atoms with Gasteiger partial charge in [0.2, 0.25) is 5.88 Å². The van der Waals surface area contributed by atoms with Crippen molar-refractivity contribution in [3.63, 3.8) is 0 Å². The summed E-state index contributed by atoms with van der Waals surface area (Å²) in [5, 5.41) is 6.96. The van der Waals surface area contributed by atoms with Crippen LogP contribution >= 0.6 is 24.0 Å². The average molecular weight is 551 g/mol. The molecule has 31 heavy (non-hydrogen) atoms. The van der Waals surface area contributed by atoms with Gasteiger partial charge in [-0.1, -0.05) is 6.07 Å². The van der Waals surface area contributed by atoms with E-state index in [1.54, 1.807) is 25.2 Å². The minimum atomic E-state index is -4.44. The lowest BCUT2D eigenvalue weighted by atomic mass is 10.1. The number of nitrogens with one attached hydrogen (secondary N) is 3. The fourth-order valence-corrected chi connectivity index (χ4v) is 2.91. The summed E-state index contributed by atoms with van der Waals surface area (Å²) in [5.41, 5.74) is 2.29. The standard InChI is InChI=1S/C20H21F4N5O.HI/c1-25-19(27-8-6-13-10-28-17-5-4-15(21)9-16(13)17)29-11-14-3-2-7-26-18(14)30-12-20(22,23)24;/h2-5,7,9-10,28H,6,8,11-12H2,1H3,(H2,25,27,29);1H. The number of guanidine groups is 1. The van der Waals surface area contributed by atoms with Crippen LogP contribution in [0.5, 0.6) is 5.88 Å². The van der Waals surface area contributed by atoms with Crippen molar-refractivity contribution in [1.29, 1.82) is 0 Å². The second kappa shape index (κ2) is 11.2. The zero-order valence-corrected chi connectivity index (χ0v) is 18.9. The molecule has 2 heterocycles. The van der Waals surface area contributed by atoms with E-state index >= 15 is 0 Å². The highest BCUT2D eigenvalue weighted by molar-refractivity contribution is 14.0. The van der Waals surface area contributed by atoms with Gasteiger partial charge in [-0.3, -0.25) is 4.99 Å². The molecule has 0 atom stereocenters. The molecule has 0 unspecified atom stereocenters. The minimum Gasteiger partial charge on any atom is -0.468 e. The summed E-state index contributed by atoms with van der Waals surface area (Å²) in [6.45, 7) is -0.707. The Labute approximate surface area is 193 Å². The van der Waals surface area contributed by atoms with Gasteiger partial charge in [0.1, 0.15) is 5.82 Å². The Hall–Kier alpha value is -2.57. The van der Waals surface area contributed by atoms with E-state index in [0.717, 1.165) is 16.5 Å². The largest absolute Gasteiger partial charge is 0.468 e. The van der Waals surface area contributed by atoms with Crippen LogP contribution in [0.25, 0.3) is 10.9 Å². The Bertz CT molecular complexity index is 1020. The highest BCUT2D eigenvalue weighted by Gasteiger charge is 2.29. The maximum Gasteiger partial charge on any atom is 0.422 e. The van der Waals surface area contributed by atoms with E-state index in [4.69, 9.17) is 4.74 Å². The molecular formula is C20H22F4IN5O. The molecule has 11 heteroatoms. The number of aliphatic imine (C=N–C) groups is 1. The Morgan fingerprint density at radius 1 is 1.19 bits per heavy atom. The van der Waals surface area contributed by atoms with Crippen molar-refractivity contribution in [3.8, 4) is 5.88 Å². The van der Waals surface area contributed by atoms with Gasteiger partial charge in [0.15, 0.2) is 12.6 Å². The number of nitrogens with zero attached hydrogens (tertiary/aromatic N) is 2. The molecule has 3 rings (SSSR count). The number of hydrogen-bond donors (Lipinski definition) is 3. The molecule has 0 aliphatic carbocycles. The lowest BCUT2D eigenvalue weighted by Gasteiger charge is -2.14. The van der Waals surface area contributed by atoms with Crippen LogP contribution in [0.2, 0.25) is 0 Å². The zero-order valence-electron chi connectivity index (χ0n) is 16.6. The Morgan fingerprint density at radius 2 is 2.00 bits per heavy atom. The van der Waals surface area contributed by atoms with Gasteiger partial charge in [0, 0.05) is 49.0 Å². The first-order chi connectivity index (χ1) is 14.4. The van der Waals surface area contributed by atoms with Crippen LogP contribution in [-0.4, -0.2) is 42.3 Å². The highest BCUT2D eigenvalue weighted by atomic mass is 127. The predicted molar refractivity (Wildman–Crippen MR) is 121 cm³/mol. The number of hydrogen-bond acceptors (Lipinski definition) is 3. The molecular weight excluding hydrogens is 529 g/mol. The quantitative estimate of drug-likeness (QED) is 0.179. The first kappa shape index (κ1) is 24.7. The molecule has 0 saturated carbocycles. The van der Waals surface area contributed by atoms with Gasteiger partial charge < -0.3 is 20.4 Å². The molecule has 168 valence electrons. The molecule has 0 saturated heterocycles. The number of alkyl halides is 3. The van der Waals surface area contributed by atoms with Gasteiger partial charge in [0.05, 0.1) is 0 Å². The van der Waals surface area contributed by atoms with E-state index in [-0.39, 0.29) is 42.2 Å². The molecule has 0 radical (unpaired) electrons. The molecule has 3 aromatic rings. The molecule has 0 fully saturated rings. The molecule has 2 aromatic heterocycles. The lowest BCUT2D eigenvalue weighted by molar-refractivity contribution is -0.154. The predicted octanol–water partition coefficient (Wildman–Crippen LogP) is 4.17. The van der Waals surface area contributed by atoms with Crippen molar-refractivity contribution in [2.45, 2.75) is 19.1 Å². The molecule has 0 spiro atoms. The fourth-order valence-electron chi connectivity index (χ4n) is 2.91. The van der Waals surface area contributed by atoms with Crippen LogP contribution in [-0.2, 0) is 13.0 Å². The van der Waals surface area contributed by atoms with Gasteiger partial charge in [-0.15, -0.1) is 24.0 Å². The van der Waals surface area contributed by atoms with Crippen molar-refractivity contribution in [3.05, 3.63) is 59.7 Å². The van der Waals surface area contributed by atoms with Crippen LogP contribution < -0.4 is 15.4 Å². The van der Waals surface area contributed by atoms with Crippen LogP contribution in [0, 0.1) is 5.82 Å². The van der Waals surface area contributed by atoms with Crippen LogP contribution in [0.3, 0.4) is 0 Å². The third-order valence-corrected chi connectivity index (χ3v) is 4.31. The lowest BCUT2D eigenvalue weighted by Crippen LogP contribution is -2.38. The smallest absolute Gasteiger partial charge is 0.422 e. The number of H-pyrrole nitrogens is 1. The zero-order chi connectivity index (χ0) is 21.6. The fraction of sp³-hybridized carbons (Fsp3) is 0.300. The van der Waals surface area contributed by atoms with Gasteiger partial charge in [0.25, 0.3) is 0 Å². The van der Waals surface area contributed by atoms with Crippen molar-refractivity contribution in [1.82, 2.24) is 20.6 Å². The summed E-state index contributed by atoms with van der Waals surface area (Å²) in [7, 11) is 1.58. The van der Waals surface area contributed by atoms with Crippen LogP contribution in [0.15, 0.2) is 47.7 Å².